The molecule has 20 heteroatoms. The smallest absolute Gasteiger partial charge is 0.351 e. The molecule has 0 bridgehead atoms. The second-order valence-electron chi connectivity index (χ2n) is 9.18. The summed E-state index contributed by atoms with van der Waals surface area (Å²) < 4.78 is 69.7. The first-order chi connectivity index (χ1) is 20.7. The summed E-state index contributed by atoms with van der Waals surface area (Å²) >= 11 is 0. The molecule has 3 aromatic carbocycles. The summed E-state index contributed by atoms with van der Waals surface area (Å²) in [6.45, 7) is 1.46. The van der Waals surface area contributed by atoms with Crippen molar-refractivity contribution < 1.29 is 46.4 Å². The van der Waals surface area contributed by atoms with E-state index in [1.54, 1.807) is 4.90 Å². The highest BCUT2D eigenvalue weighted by molar-refractivity contribution is 8.19. The lowest BCUT2D eigenvalue weighted by Crippen LogP contribution is -2.38. The Hall–Kier alpha value is -4.70. The van der Waals surface area contributed by atoms with Gasteiger partial charge in [-0.15, -0.1) is 10.2 Å². The van der Waals surface area contributed by atoms with Gasteiger partial charge in [0.05, 0.1) is 34.3 Å². The number of H-pyrrole nitrogens is 1. The highest BCUT2D eigenvalue weighted by Gasteiger charge is 2.28. The molecule has 8 N–H and O–H groups in total. The molecule has 18 nitrogen and oxygen atoms in total. The molecule has 0 spiro atoms. The molecule has 0 aliphatic carbocycles. The summed E-state index contributed by atoms with van der Waals surface area (Å²) in [5.41, 5.74) is -2.29. The van der Waals surface area contributed by atoms with E-state index in [4.69, 9.17) is 4.74 Å². The number of rotatable bonds is 8. The van der Waals surface area contributed by atoms with E-state index in [2.05, 4.69) is 30.5 Å². The Morgan fingerprint density at radius 2 is 1.73 bits per heavy atom. The Labute approximate surface area is 248 Å². The van der Waals surface area contributed by atoms with Gasteiger partial charge < -0.3 is 38.8 Å². The maximum atomic E-state index is 12.4. The van der Waals surface area contributed by atoms with Crippen molar-refractivity contribution in [3.63, 3.8) is 0 Å². The van der Waals surface area contributed by atoms with Crippen LogP contribution in [-0.2, 0) is 14.9 Å². The fraction of sp³-hybridized carbons (Fsp3) is 0.167. The fourth-order valence-electron chi connectivity index (χ4n) is 4.32. The van der Waals surface area contributed by atoms with Crippen molar-refractivity contribution in [3.05, 3.63) is 58.5 Å². The molecule has 4 aromatic rings. The van der Waals surface area contributed by atoms with Gasteiger partial charge in [0.15, 0.2) is 5.75 Å². The van der Waals surface area contributed by atoms with Gasteiger partial charge in [-0.25, -0.2) is 9.59 Å². The van der Waals surface area contributed by atoms with Crippen molar-refractivity contribution in [2.75, 3.05) is 36.5 Å². The van der Waals surface area contributed by atoms with Gasteiger partial charge in [-0.3, -0.25) is 9.54 Å². The van der Waals surface area contributed by atoms with Crippen LogP contribution in [0, 0.1) is 0 Å². The number of ether oxygens (including phenoxy) is 1. The highest BCUT2D eigenvalue weighted by Crippen LogP contribution is 2.55. The van der Waals surface area contributed by atoms with E-state index in [9.17, 15) is 46.4 Å². The summed E-state index contributed by atoms with van der Waals surface area (Å²) in [7, 11) is -9.57. The Balaban J connectivity index is 1.73. The van der Waals surface area contributed by atoms with Gasteiger partial charge >= 0.3 is 11.7 Å². The molecule has 1 aromatic heterocycles. The van der Waals surface area contributed by atoms with Gasteiger partial charge in [0, 0.05) is 18.5 Å². The number of nitrogens with zero attached hydrogens (tertiary/aromatic N) is 5. The van der Waals surface area contributed by atoms with Gasteiger partial charge in [-0.2, -0.15) is 18.4 Å². The average molecular weight is 650 g/mol. The van der Waals surface area contributed by atoms with Gasteiger partial charge in [-0.1, -0.05) is 12.1 Å². The van der Waals surface area contributed by atoms with Crippen molar-refractivity contribution >= 4 is 66.7 Å². The first-order valence-corrected chi connectivity index (χ1v) is 15.3. The molecule has 2 heterocycles. The number of hydrogen-bond acceptors (Lipinski definition) is 15. The largest absolute Gasteiger partial charge is 0.505 e. The van der Waals surface area contributed by atoms with Crippen LogP contribution in [0.1, 0.15) is 10.4 Å². The first kappa shape index (κ1) is 30.7. The van der Waals surface area contributed by atoms with Crippen molar-refractivity contribution in [2.45, 2.75) is 9.79 Å². The van der Waals surface area contributed by atoms with Crippen molar-refractivity contribution in [2.24, 2.45) is 10.2 Å². The summed E-state index contributed by atoms with van der Waals surface area (Å²) in [6.07, 6.45) is 0. The van der Waals surface area contributed by atoms with Crippen LogP contribution >= 0.6 is 10.9 Å². The molecule has 1 aliphatic rings. The summed E-state index contributed by atoms with van der Waals surface area (Å²) in [5.74, 6) is -2.47. The van der Waals surface area contributed by atoms with Crippen LogP contribution in [0.15, 0.2) is 67.3 Å². The van der Waals surface area contributed by atoms with Crippen LogP contribution < -0.4 is 15.9 Å². The number of carboxylic acids is 1. The maximum absolute atomic E-state index is 12.4. The van der Waals surface area contributed by atoms with E-state index in [0.717, 1.165) is 18.2 Å². The second-order valence-corrected chi connectivity index (χ2v) is 12.1. The average Bonchev–Trinajstić information content (AvgIpc) is 2.95. The number of morpholine rings is 1. The number of aromatic nitrogens is 3. The number of phenolic OH excluding ortho intramolecular Hbond substituents is 1. The molecule has 1 saturated heterocycles. The van der Waals surface area contributed by atoms with Crippen LogP contribution in [0.5, 0.6) is 5.75 Å². The number of benzene rings is 3. The molecule has 0 radical (unpaired) electrons. The number of fused-ring (bicyclic) bond motifs is 1. The minimum atomic E-state index is -4.90. The van der Waals surface area contributed by atoms with E-state index in [0.29, 0.717) is 26.3 Å². The lowest BCUT2D eigenvalue weighted by atomic mass is 10.1. The van der Waals surface area contributed by atoms with E-state index in [1.807, 2.05) is 0 Å². The number of carboxylic acid groups (broad SMARTS) is 1. The monoisotopic (exact) mass is 649 g/mol. The van der Waals surface area contributed by atoms with Crippen LogP contribution in [-0.4, -0.2) is 84.1 Å². The number of anilines is 3. The molecule has 1 fully saturated rings. The van der Waals surface area contributed by atoms with E-state index >= 15 is 0 Å². The quantitative estimate of drug-likeness (QED) is 0.100. The number of azo groups is 1. The SMILES string of the molecule is O=C(O)c1ccccc1N=Nc1c(S(O)(O)O)cc2cc(S(=O)(=O)O)cc(Nc3nc(N4CCOCC4)nc(=O)[nH]3)c2c1O. The van der Waals surface area contributed by atoms with Crippen molar-refractivity contribution in [3.8, 4) is 5.75 Å². The Kier molecular flexibility index (Phi) is 8.22. The van der Waals surface area contributed by atoms with Gasteiger partial charge in [0.2, 0.25) is 11.9 Å². The van der Waals surface area contributed by atoms with Crippen LogP contribution in [0.4, 0.5) is 29.0 Å². The summed E-state index contributed by atoms with van der Waals surface area (Å²) in [6, 6.07) is 8.03. The molecule has 0 unspecified atom stereocenters. The summed E-state index contributed by atoms with van der Waals surface area (Å²) in [4.78, 5) is 34.5. The number of hydrogen-bond donors (Lipinski definition) is 8. The zero-order valence-corrected chi connectivity index (χ0v) is 23.8. The van der Waals surface area contributed by atoms with Crippen LogP contribution in [0.2, 0.25) is 0 Å². The predicted molar refractivity (Wildman–Crippen MR) is 156 cm³/mol. The van der Waals surface area contributed by atoms with Gasteiger partial charge in [-0.05, 0) is 35.7 Å². The van der Waals surface area contributed by atoms with Gasteiger partial charge in [0.25, 0.3) is 10.1 Å². The lowest BCUT2D eigenvalue weighted by molar-refractivity contribution is 0.0697. The topological polar surface area (TPSA) is 280 Å². The third kappa shape index (κ3) is 6.45. The molecular formula is C24H23N7O11S2. The molecule has 0 atom stereocenters. The van der Waals surface area contributed by atoms with Crippen LogP contribution in [0.25, 0.3) is 10.8 Å². The molecule has 0 amide bonds. The van der Waals surface area contributed by atoms with Crippen molar-refractivity contribution in [1.82, 2.24) is 15.0 Å². The van der Waals surface area contributed by atoms with E-state index in [-0.39, 0.29) is 39.6 Å². The number of phenols is 1. The van der Waals surface area contributed by atoms with Crippen molar-refractivity contribution in [1.29, 1.82) is 0 Å². The molecular weight excluding hydrogens is 626 g/mol. The summed E-state index contributed by atoms with van der Waals surface area (Å²) in [5, 5.41) is 30.6. The lowest BCUT2D eigenvalue weighted by Gasteiger charge is -2.26. The molecule has 5 rings (SSSR count). The third-order valence-corrected chi connectivity index (χ3v) is 8.03. The number of aromatic carboxylic acids is 1. The standard InChI is InChI=1S/C24H23N7O11S2/c32-20-18-12(10-17(44(39,40)41)19(20)30-29-15-4-2-1-3-14(15)21(33)34)9-13(43(36,37)38)11-16(18)25-22-26-23(28-24(35)27-22)31-5-7-42-8-6-31/h1-4,9-11,32,39-41H,5-8H2,(H,33,34)(H,36,37,38)(H2,25,26,27,28,35). The minimum absolute atomic E-state index is 0.0158. The Morgan fingerprint density at radius 3 is 2.39 bits per heavy atom. The number of nitrogens with one attached hydrogen (secondary N) is 2. The Bertz CT molecular complexity index is 1970. The number of carbonyl (C=O) groups is 1. The number of aromatic hydroxyl groups is 1. The molecule has 1 aliphatic heterocycles. The van der Waals surface area contributed by atoms with E-state index in [1.165, 1.54) is 24.3 Å². The highest BCUT2D eigenvalue weighted by atomic mass is 32.3. The minimum Gasteiger partial charge on any atom is -0.505 e. The third-order valence-electron chi connectivity index (χ3n) is 6.29. The molecule has 232 valence electrons. The second kappa shape index (κ2) is 11.8. The first-order valence-electron chi connectivity index (χ1n) is 12.4. The zero-order valence-electron chi connectivity index (χ0n) is 22.1. The van der Waals surface area contributed by atoms with Crippen LogP contribution in [0.3, 0.4) is 0 Å². The number of aromatic amines is 1. The predicted octanol–water partition coefficient (Wildman–Crippen LogP) is 3.55. The normalized spacial score (nSPS) is 14.7. The Morgan fingerprint density at radius 1 is 1.02 bits per heavy atom. The van der Waals surface area contributed by atoms with E-state index < -0.39 is 53.9 Å². The molecule has 0 saturated carbocycles. The fourth-order valence-corrected chi connectivity index (χ4v) is 5.55. The van der Waals surface area contributed by atoms with Gasteiger partial charge in [0.1, 0.15) is 22.2 Å². The molecule has 44 heavy (non-hydrogen) atoms. The zero-order chi connectivity index (χ0) is 31.8. The maximum Gasteiger partial charge on any atom is 0.351 e.